The number of hydrogen-bond donors (Lipinski definition) is 0. The molecular formula is C24H37NS. The van der Waals surface area contributed by atoms with Crippen molar-refractivity contribution in [2.24, 2.45) is 16.8 Å². The van der Waals surface area contributed by atoms with E-state index >= 15 is 0 Å². The number of rotatable bonds is 8. The number of hydrogen-bond acceptors (Lipinski definition) is 2. The van der Waals surface area contributed by atoms with Crippen molar-refractivity contribution in [1.29, 1.82) is 0 Å². The summed E-state index contributed by atoms with van der Waals surface area (Å²) in [5, 5.41) is 1.27. The zero-order valence-corrected chi connectivity index (χ0v) is 17.7. The lowest BCUT2D eigenvalue weighted by atomic mass is 9.77. The molecule has 0 bridgehead atoms. The van der Waals surface area contributed by atoms with Gasteiger partial charge in [0.15, 0.2) is 0 Å². The molecule has 1 heterocycles. The highest BCUT2D eigenvalue weighted by molar-refractivity contribution is 8.14. The van der Waals surface area contributed by atoms with Gasteiger partial charge in [0.1, 0.15) is 0 Å². The first-order chi connectivity index (χ1) is 12.8. The summed E-state index contributed by atoms with van der Waals surface area (Å²) < 4.78 is 0. The van der Waals surface area contributed by atoms with Crippen molar-refractivity contribution < 1.29 is 0 Å². The van der Waals surface area contributed by atoms with Gasteiger partial charge in [0.2, 0.25) is 0 Å². The zero-order valence-electron chi connectivity index (χ0n) is 16.9. The van der Waals surface area contributed by atoms with Crippen LogP contribution < -0.4 is 0 Å². The lowest BCUT2D eigenvalue weighted by Gasteiger charge is -2.28. The van der Waals surface area contributed by atoms with Gasteiger partial charge < -0.3 is 0 Å². The van der Waals surface area contributed by atoms with Crippen LogP contribution in [0.25, 0.3) is 0 Å². The largest absolute Gasteiger partial charge is 0.277 e. The van der Waals surface area contributed by atoms with Gasteiger partial charge in [-0.2, -0.15) is 0 Å². The number of aliphatic imine (C=N–C) groups is 1. The summed E-state index contributed by atoms with van der Waals surface area (Å²) in [6.07, 6.45) is 13.9. The van der Waals surface area contributed by atoms with E-state index in [0.29, 0.717) is 0 Å². The fraction of sp³-hybridized carbons (Fsp3) is 0.708. The van der Waals surface area contributed by atoms with Crippen LogP contribution in [0.4, 0.5) is 0 Å². The fourth-order valence-electron chi connectivity index (χ4n) is 4.63. The molecule has 0 saturated heterocycles. The molecular weight excluding hydrogens is 334 g/mol. The topological polar surface area (TPSA) is 12.4 Å². The standard InChI is InChI=1S/C24H37NS/c1-3-5-6-8-20-17-25-24(26-18-20)23-15-13-22(14-16-23)21-11-9-19(7-4-2)10-12-21/h13-16,19-21H,3-12,17-18H2,1-2H3. The number of benzene rings is 1. The summed E-state index contributed by atoms with van der Waals surface area (Å²) in [6, 6.07) is 9.43. The maximum Gasteiger partial charge on any atom is 0.0977 e. The van der Waals surface area contributed by atoms with E-state index < -0.39 is 0 Å². The molecule has 0 amide bonds. The van der Waals surface area contributed by atoms with E-state index in [9.17, 15) is 0 Å². The van der Waals surface area contributed by atoms with Crippen LogP contribution in [0.1, 0.15) is 95.1 Å². The van der Waals surface area contributed by atoms with Crippen molar-refractivity contribution in [1.82, 2.24) is 0 Å². The summed E-state index contributed by atoms with van der Waals surface area (Å²) in [4.78, 5) is 4.91. The van der Waals surface area contributed by atoms with Crippen LogP contribution in [0.2, 0.25) is 0 Å². The van der Waals surface area contributed by atoms with Crippen molar-refractivity contribution in [2.75, 3.05) is 12.3 Å². The van der Waals surface area contributed by atoms with Gasteiger partial charge >= 0.3 is 0 Å². The molecule has 1 atom stereocenters. The Morgan fingerprint density at radius 2 is 1.65 bits per heavy atom. The first-order valence-corrected chi connectivity index (χ1v) is 12.1. The van der Waals surface area contributed by atoms with E-state index in [-0.39, 0.29) is 0 Å². The van der Waals surface area contributed by atoms with Crippen LogP contribution in [0.15, 0.2) is 29.3 Å². The number of thioether (sulfide) groups is 1. The third-order valence-corrected chi connectivity index (χ3v) is 7.61. The molecule has 1 aromatic carbocycles. The summed E-state index contributed by atoms with van der Waals surface area (Å²) in [6.45, 7) is 5.64. The highest BCUT2D eigenvalue weighted by Crippen LogP contribution is 2.37. The van der Waals surface area contributed by atoms with E-state index in [0.717, 1.165) is 24.3 Å². The summed E-state index contributed by atoms with van der Waals surface area (Å²) >= 11 is 1.98. The van der Waals surface area contributed by atoms with Crippen LogP contribution in [-0.4, -0.2) is 17.3 Å². The normalized spacial score (nSPS) is 26.5. The Kier molecular flexibility index (Phi) is 8.10. The highest BCUT2D eigenvalue weighted by atomic mass is 32.2. The lowest BCUT2D eigenvalue weighted by Crippen LogP contribution is -2.17. The van der Waals surface area contributed by atoms with Crippen molar-refractivity contribution >= 4 is 16.8 Å². The molecule has 26 heavy (non-hydrogen) atoms. The minimum atomic E-state index is 0.793. The smallest absolute Gasteiger partial charge is 0.0977 e. The van der Waals surface area contributed by atoms with E-state index in [2.05, 4.69) is 38.1 Å². The Balaban J connectivity index is 1.50. The summed E-state index contributed by atoms with van der Waals surface area (Å²) in [7, 11) is 0. The Bertz CT molecular complexity index is 554. The van der Waals surface area contributed by atoms with Gasteiger partial charge in [0, 0.05) is 17.9 Å². The molecule has 3 rings (SSSR count). The lowest BCUT2D eigenvalue weighted by molar-refractivity contribution is 0.308. The molecule has 0 spiro atoms. The molecule has 0 radical (unpaired) electrons. The molecule has 1 aliphatic heterocycles. The average molecular weight is 372 g/mol. The van der Waals surface area contributed by atoms with Gasteiger partial charge in [0.05, 0.1) is 5.04 Å². The molecule has 2 aliphatic rings. The van der Waals surface area contributed by atoms with Crippen molar-refractivity contribution in [3.63, 3.8) is 0 Å². The van der Waals surface area contributed by atoms with E-state index in [1.807, 2.05) is 11.8 Å². The predicted octanol–water partition coefficient (Wildman–Crippen LogP) is 7.45. The molecule has 1 aliphatic carbocycles. The number of nitrogens with zero attached hydrogens (tertiary/aromatic N) is 1. The minimum absolute atomic E-state index is 0.793. The van der Waals surface area contributed by atoms with Gasteiger partial charge in [0.25, 0.3) is 0 Å². The Morgan fingerprint density at radius 1 is 0.885 bits per heavy atom. The Morgan fingerprint density at radius 3 is 2.27 bits per heavy atom. The second-order valence-corrected chi connectivity index (χ2v) is 9.46. The first kappa shape index (κ1) is 20.0. The maximum atomic E-state index is 4.91. The SMILES string of the molecule is CCCCCC1CN=C(c2ccc(C3CCC(CCC)CC3)cc2)SC1. The molecule has 0 aromatic heterocycles. The Hall–Kier alpha value is -0.760. The summed E-state index contributed by atoms with van der Waals surface area (Å²) in [5.41, 5.74) is 2.90. The van der Waals surface area contributed by atoms with E-state index in [4.69, 9.17) is 4.99 Å². The third kappa shape index (κ3) is 5.62. The van der Waals surface area contributed by atoms with E-state index in [1.54, 1.807) is 5.56 Å². The van der Waals surface area contributed by atoms with Crippen LogP contribution in [0.5, 0.6) is 0 Å². The highest BCUT2D eigenvalue weighted by Gasteiger charge is 2.22. The molecule has 1 aromatic rings. The first-order valence-electron chi connectivity index (χ1n) is 11.1. The predicted molar refractivity (Wildman–Crippen MR) is 118 cm³/mol. The van der Waals surface area contributed by atoms with Gasteiger partial charge in [-0.05, 0) is 55.4 Å². The zero-order chi connectivity index (χ0) is 18.2. The molecule has 1 saturated carbocycles. The van der Waals surface area contributed by atoms with Gasteiger partial charge in [-0.15, -0.1) is 11.8 Å². The average Bonchev–Trinajstić information content (AvgIpc) is 2.70. The van der Waals surface area contributed by atoms with Crippen molar-refractivity contribution in [3.8, 4) is 0 Å². The molecule has 0 N–H and O–H groups in total. The minimum Gasteiger partial charge on any atom is -0.277 e. The third-order valence-electron chi connectivity index (χ3n) is 6.34. The van der Waals surface area contributed by atoms with E-state index in [1.165, 1.54) is 80.6 Å². The van der Waals surface area contributed by atoms with Crippen LogP contribution in [-0.2, 0) is 0 Å². The molecule has 1 unspecified atom stereocenters. The quantitative estimate of drug-likeness (QED) is 0.432. The van der Waals surface area contributed by atoms with Gasteiger partial charge in [-0.25, -0.2) is 0 Å². The maximum absolute atomic E-state index is 4.91. The second-order valence-electron chi connectivity index (χ2n) is 8.45. The van der Waals surface area contributed by atoms with Gasteiger partial charge in [-0.3, -0.25) is 4.99 Å². The molecule has 1 fully saturated rings. The molecule has 2 heteroatoms. The fourth-order valence-corrected chi connectivity index (χ4v) is 5.76. The monoisotopic (exact) mass is 371 g/mol. The van der Waals surface area contributed by atoms with Crippen LogP contribution >= 0.6 is 11.8 Å². The second kappa shape index (κ2) is 10.5. The van der Waals surface area contributed by atoms with Crippen LogP contribution in [0, 0.1) is 11.8 Å². The number of unbranched alkanes of at least 4 members (excludes halogenated alkanes) is 2. The summed E-state index contributed by atoms with van der Waals surface area (Å²) in [5.74, 6) is 3.84. The van der Waals surface area contributed by atoms with Crippen molar-refractivity contribution in [2.45, 2.75) is 84.0 Å². The molecule has 144 valence electrons. The van der Waals surface area contributed by atoms with Crippen LogP contribution in [0.3, 0.4) is 0 Å². The molecule has 1 nitrogen and oxygen atoms in total. The Labute approximate surface area is 165 Å². The van der Waals surface area contributed by atoms with Crippen molar-refractivity contribution in [3.05, 3.63) is 35.4 Å². The van der Waals surface area contributed by atoms with Gasteiger partial charge in [-0.1, -0.05) is 70.2 Å².